The van der Waals surface area contributed by atoms with Crippen molar-refractivity contribution in [2.75, 3.05) is 26.2 Å². The van der Waals surface area contributed by atoms with Gasteiger partial charge in [0, 0.05) is 31.4 Å². The van der Waals surface area contributed by atoms with E-state index in [-0.39, 0.29) is 5.91 Å². The molecule has 2 heterocycles. The largest absolute Gasteiger partial charge is 0.351 e. The Bertz CT molecular complexity index is 676. The second-order valence-electron chi connectivity index (χ2n) is 6.17. The number of nitrogens with one attached hydrogen (secondary N) is 1. The quantitative estimate of drug-likeness (QED) is 0.844. The van der Waals surface area contributed by atoms with E-state index in [0.717, 1.165) is 30.9 Å². The van der Waals surface area contributed by atoms with E-state index in [1.807, 2.05) is 30.5 Å². The molecular formula is C18H25N5O. The number of amides is 1. The molecule has 2 aromatic rings. The number of rotatable bonds is 6. The summed E-state index contributed by atoms with van der Waals surface area (Å²) in [6, 6.07) is 7.50. The molecule has 1 aliphatic rings. The lowest BCUT2D eigenvalue weighted by molar-refractivity contribution is 0.0946. The van der Waals surface area contributed by atoms with Crippen molar-refractivity contribution in [2.45, 2.75) is 25.8 Å². The highest BCUT2D eigenvalue weighted by Gasteiger charge is 2.14. The summed E-state index contributed by atoms with van der Waals surface area (Å²) in [5, 5.41) is 7.33. The fraction of sp³-hybridized carbons (Fsp3) is 0.444. The predicted octanol–water partition coefficient (Wildman–Crippen LogP) is 1.55. The van der Waals surface area contributed by atoms with E-state index in [1.54, 1.807) is 10.9 Å². The van der Waals surface area contributed by atoms with Gasteiger partial charge in [-0.15, -0.1) is 0 Å². The highest BCUT2D eigenvalue weighted by atomic mass is 16.1. The van der Waals surface area contributed by atoms with Crippen molar-refractivity contribution >= 4 is 5.91 Å². The average Bonchev–Trinajstić information content (AvgIpc) is 3.11. The van der Waals surface area contributed by atoms with Crippen LogP contribution in [0.25, 0.3) is 5.69 Å². The van der Waals surface area contributed by atoms with Crippen molar-refractivity contribution in [1.29, 1.82) is 0 Å². The SMILES string of the molecule is NCc1cnn(-c2ccccc2C(=O)NCCN2CCCCC2)c1. The van der Waals surface area contributed by atoms with Gasteiger partial charge in [-0.25, -0.2) is 4.68 Å². The van der Waals surface area contributed by atoms with Crippen molar-refractivity contribution in [3.63, 3.8) is 0 Å². The molecule has 0 atom stereocenters. The van der Waals surface area contributed by atoms with E-state index >= 15 is 0 Å². The van der Waals surface area contributed by atoms with E-state index < -0.39 is 0 Å². The Labute approximate surface area is 142 Å². The average molecular weight is 327 g/mol. The molecule has 0 bridgehead atoms. The second kappa shape index (κ2) is 8.08. The molecule has 1 saturated heterocycles. The molecule has 0 radical (unpaired) electrons. The maximum absolute atomic E-state index is 12.6. The summed E-state index contributed by atoms with van der Waals surface area (Å²) in [6.45, 7) is 4.29. The number of aromatic nitrogens is 2. The number of para-hydroxylation sites is 1. The Morgan fingerprint density at radius 2 is 2.00 bits per heavy atom. The Morgan fingerprint density at radius 1 is 1.21 bits per heavy atom. The summed E-state index contributed by atoms with van der Waals surface area (Å²) in [5.41, 5.74) is 7.98. The first-order chi connectivity index (χ1) is 11.8. The van der Waals surface area contributed by atoms with Crippen LogP contribution in [0.1, 0.15) is 35.2 Å². The van der Waals surface area contributed by atoms with Gasteiger partial charge in [0.15, 0.2) is 0 Å². The van der Waals surface area contributed by atoms with Crippen molar-refractivity contribution in [3.8, 4) is 5.69 Å². The van der Waals surface area contributed by atoms with Gasteiger partial charge in [0.1, 0.15) is 0 Å². The van der Waals surface area contributed by atoms with E-state index in [4.69, 9.17) is 5.73 Å². The number of likely N-dealkylation sites (tertiary alicyclic amines) is 1. The molecule has 0 saturated carbocycles. The molecule has 0 spiro atoms. The van der Waals surface area contributed by atoms with Crippen LogP contribution in [0.2, 0.25) is 0 Å². The Hall–Kier alpha value is -2.18. The molecule has 3 N–H and O–H groups in total. The summed E-state index contributed by atoms with van der Waals surface area (Å²) in [6.07, 6.45) is 7.44. The molecule has 6 heteroatoms. The summed E-state index contributed by atoms with van der Waals surface area (Å²) >= 11 is 0. The van der Waals surface area contributed by atoms with E-state index in [0.29, 0.717) is 18.7 Å². The number of nitrogens with zero attached hydrogens (tertiary/aromatic N) is 3. The highest BCUT2D eigenvalue weighted by molar-refractivity contribution is 5.97. The van der Waals surface area contributed by atoms with Crippen LogP contribution in [0.15, 0.2) is 36.7 Å². The molecule has 3 rings (SSSR count). The van der Waals surface area contributed by atoms with Gasteiger partial charge in [-0.3, -0.25) is 4.79 Å². The third-order valence-electron chi connectivity index (χ3n) is 4.43. The smallest absolute Gasteiger partial charge is 0.253 e. The molecule has 6 nitrogen and oxygen atoms in total. The predicted molar refractivity (Wildman–Crippen MR) is 94.1 cm³/mol. The summed E-state index contributed by atoms with van der Waals surface area (Å²) < 4.78 is 1.71. The number of benzene rings is 1. The number of hydrogen-bond acceptors (Lipinski definition) is 4. The third kappa shape index (κ3) is 4.01. The number of carbonyl (C=O) groups is 1. The lowest BCUT2D eigenvalue weighted by Gasteiger charge is -2.26. The minimum atomic E-state index is -0.0626. The molecular weight excluding hydrogens is 302 g/mol. The highest BCUT2D eigenvalue weighted by Crippen LogP contribution is 2.14. The van der Waals surface area contributed by atoms with Gasteiger partial charge in [0.25, 0.3) is 5.91 Å². The van der Waals surface area contributed by atoms with Crippen LogP contribution in [0.5, 0.6) is 0 Å². The first-order valence-corrected chi connectivity index (χ1v) is 8.61. The zero-order chi connectivity index (χ0) is 16.8. The van der Waals surface area contributed by atoms with E-state index in [1.165, 1.54) is 19.3 Å². The lowest BCUT2D eigenvalue weighted by atomic mass is 10.1. The van der Waals surface area contributed by atoms with Gasteiger partial charge in [0.05, 0.1) is 17.4 Å². The molecule has 0 aliphatic carbocycles. The fourth-order valence-electron chi connectivity index (χ4n) is 3.07. The fourth-order valence-corrected chi connectivity index (χ4v) is 3.07. The Kier molecular flexibility index (Phi) is 5.61. The van der Waals surface area contributed by atoms with Gasteiger partial charge in [-0.2, -0.15) is 5.10 Å². The van der Waals surface area contributed by atoms with Gasteiger partial charge in [-0.1, -0.05) is 18.6 Å². The van der Waals surface area contributed by atoms with Crippen molar-refractivity contribution in [2.24, 2.45) is 5.73 Å². The molecule has 1 fully saturated rings. The number of nitrogens with two attached hydrogens (primary N) is 1. The monoisotopic (exact) mass is 327 g/mol. The Morgan fingerprint density at radius 3 is 2.75 bits per heavy atom. The maximum Gasteiger partial charge on any atom is 0.253 e. The zero-order valence-corrected chi connectivity index (χ0v) is 13.9. The minimum Gasteiger partial charge on any atom is -0.351 e. The molecule has 128 valence electrons. The van der Waals surface area contributed by atoms with Crippen LogP contribution in [-0.2, 0) is 6.54 Å². The maximum atomic E-state index is 12.6. The molecule has 1 amide bonds. The van der Waals surface area contributed by atoms with Crippen LogP contribution < -0.4 is 11.1 Å². The van der Waals surface area contributed by atoms with Crippen LogP contribution in [0.4, 0.5) is 0 Å². The summed E-state index contributed by atoms with van der Waals surface area (Å²) in [4.78, 5) is 15.0. The van der Waals surface area contributed by atoms with Crippen molar-refractivity contribution in [1.82, 2.24) is 20.0 Å². The number of piperidine rings is 1. The van der Waals surface area contributed by atoms with Crippen LogP contribution in [-0.4, -0.2) is 46.8 Å². The summed E-state index contributed by atoms with van der Waals surface area (Å²) in [5.74, 6) is -0.0626. The van der Waals surface area contributed by atoms with Crippen LogP contribution in [0.3, 0.4) is 0 Å². The molecule has 1 aromatic heterocycles. The molecule has 1 aliphatic heterocycles. The van der Waals surface area contributed by atoms with Gasteiger partial charge >= 0.3 is 0 Å². The Balaban J connectivity index is 1.64. The van der Waals surface area contributed by atoms with Crippen molar-refractivity contribution in [3.05, 3.63) is 47.8 Å². The summed E-state index contributed by atoms with van der Waals surface area (Å²) in [7, 11) is 0. The topological polar surface area (TPSA) is 76.2 Å². The first-order valence-electron chi connectivity index (χ1n) is 8.61. The van der Waals surface area contributed by atoms with Gasteiger partial charge in [0.2, 0.25) is 0 Å². The van der Waals surface area contributed by atoms with Crippen molar-refractivity contribution < 1.29 is 4.79 Å². The van der Waals surface area contributed by atoms with Crippen LogP contribution >= 0.6 is 0 Å². The molecule has 0 unspecified atom stereocenters. The molecule has 1 aromatic carbocycles. The lowest BCUT2D eigenvalue weighted by Crippen LogP contribution is -2.37. The second-order valence-corrected chi connectivity index (χ2v) is 6.17. The van der Waals surface area contributed by atoms with E-state index in [2.05, 4.69) is 15.3 Å². The normalized spacial score (nSPS) is 15.4. The van der Waals surface area contributed by atoms with Gasteiger partial charge < -0.3 is 16.0 Å². The molecule has 24 heavy (non-hydrogen) atoms. The van der Waals surface area contributed by atoms with E-state index in [9.17, 15) is 4.79 Å². The minimum absolute atomic E-state index is 0.0626. The number of carbonyl (C=O) groups excluding carboxylic acids is 1. The standard InChI is InChI=1S/C18H25N5O/c19-12-15-13-21-23(14-15)17-7-3-2-6-16(17)18(24)20-8-11-22-9-4-1-5-10-22/h2-3,6-7,13-14H,1,4-5,8-12,19H2,(H,20,24). The van der Waals surface area contributed by atoms with Gasteiger partial charge in [-0.05, 0) is 38.1 Å². The van der Waals surface area contributed by atoms with Crippen LogP contribution in [0, 0.1) is 0 Å². The number of hydrogen-bond donors (Lipinski definition) is 2. The first kappa shape index (κ1) is 16.7. The third-order valence-corrected chi connectivity index (χ3v) is 4.43. The zero-order valence-electron chi connectivity index (χ0n) is 13.9.